The van der Waals surface area contributed by atoms with Gasteiger partial charge in [-0.05, 0) is 19.9 Å². The van der Waals surface area contributed by atoms with E-state index in [1.54, 1.807) is 13.8 Å². The van der Waals surface area contributed by atoms with E-state index in [-0.39, 0.29) is 28.5 Å². The number of carboxylic acids is 1. The lowest BCUT2D eigenvalue weighted by Gasteiger charge is -2.08. The topological polar surface area (TPSA) is 100 Å². The lowest BCUT2D eigenvalue weighted by molar-refractivity contribution is -0.133. The van der Waals surface area contributed by atoms with Crippen molar-refractivity contribution in [3.63, 3.8) is 0 Å². The Morgan fingerprint density at radius 1 is 1.58 bits per heavy atom. The molecule has 0 atom stereocenters. The Morgan fingerprint density at radius 3 is 2.79 bits per heavy atom. The average Bonchev–Trinajstić information content (AvgIpc) is 2.35. The zero-order valence-corrected chi connectivity index (χ0v) is 11.3. The zero-order chi connectivity index (χ0) is 14.4. The van der Waals surface area contributed by atoms with Crippen molar-refractivity contribution in [2.75, 3.05) is 12.4 Å². The van der Waals surface area contributed by atoms with Crippen LogP contribution in [0.3, 0.4) is 0 Å². The maximum atomic E-state index is 11.7. The van der Waals surface area contributed by atoms with Crippen molar-refractivity contribution in [1.29, 1.82) is 5.26 Å². The van der Waals surface area contributed by atoms with Crippen LogP contribution in [0.5, 0.6) is 0 Å². The number of aryl methyl sites for hydroxylation is 1. The van der Waals surface area contributed by atoms with Gasteiger partial charge in [0.1, 0.15) is 11.1 Å². The highest BCUT2D eigenvalue weighted by atomic mass is 32.2. The predicted molar refractivity (Wildman–Crippen MR) is 68.0 cm³/mol. The Kier molecular flexibility index (Phi) is 5.33. The number of rotatable bonds is 5. The minimum absolute atomic E-state index is 0.0512. The van der Waals surface area contributed by atoms with Gasteiger partial charge in [-0.2, -0.15) is 5.26 Å². The molecule has 0 bridgehead atoms. The average molecular weight is 280 g/mol. The fourth-order valence-corrected chi connectivity index (χ4v) is 2.13. The maximum Gasteiger partial charge on any atom is 0.339 e. The van der Waals surface area contributed by atoms with Gasteiger partial charge in [-0.3, -0.25) is 4.79 Å². The monoisotopic (exact) mass is 280 g/mol. The van der Waals surface area contributed by atoms with E-state index < -0.39 is 11.9 Å². The maximum absolute atomic E-state index is 11.7. The summed E-state index contributed by atoms with van der Waals surface area (Å²) in [4.78, 5) is 26.4. The highest BCUT2D eigenvalue weighted by Crippen LogP contribution is 2.24. The van der Waals surface area contributed by atoms with Gasteiger partial charge < -0.3 is 9.84 Å². The number of aliphatic carboxylic acids is 1. The smallest absolute Gasteiger partial charge is 0.339 e. The summed E-state index contributed by atoms with van der Waals surface area (Å²) >= 11 is 0.903. The Labute approximate surface area is 114 Å². The highest BCUT2D eigenvalue weighted by molar-refractivity contribution is 7.99. The van der Waals surface area contributed by atoms with Gasteiger partial charge in [0.15, 0.2) is 0 Å². The van der Waals surface area contributed by atoms with Crippen molar-refractivity contribution in [2.24, 2.45) is 0 Å². The van der Waals surface area contributed by atoms with E-state index in [4.69, 9.17) is 15.1 Å². The van der Waals surface area contributed by atoms with Crippen LogP contribution < -0.4 is 0 Å². The van der Waals surface area contributed by atoms with E-state index in [0.29, 0.717) is 5.69 Å². The first-order chi connectivity index (χ1) is 8.99. The molecule has 0 saturated carbocycles. The fraction of sp³-hybridized carbons (Fsp3) is 0.333. The van der Waals surface area contributed by atoms with E-state index in [1.165, 1.54) is 6.07 Å². The van der Waals surface area contributed by atoms with E-state index in [2.05, 4.69) is 4.98 Å². The molecule has 1 N–H and O–H groups in total. The summed E-state index contributed by atoms with van der Waals surface area (Å²) in [6.07, 6.45) is 0. The summed E-state index contributed by atoms with van der Waals surface area (Å²) in [6.45, 7) is 3.52. The molecule has 0 aliphatic rings. The van der Waals surface area contributed by atoms with Gasteiger partial charge in [0.05, 0.1) is 23.5 Å². The third-order valence-electron chi connectivity index (χ3n) is 2.05. The second-order valence-electron chi connectivity index (χ2n) is 3.51. The fourth-order valence-electron chi connectivity index (χ4n) is 1.36. The van der Waals surface area contributed by atoms with Crippen LogP contribution in [0.2, 0.25) is 0 Å². The number of thioether (sulfide) groups is 1. The molecule has 1 aromatic heterocycles. The van der Waals surface area contributed by atoms with Gasteiger partial charge in [-0.1, -0.05) is 11.8 Å². The second kappa shape index (κ2) is 6.75. The molecule has 6 nitrogen and oxygen atoms in total. The molecule has 0 aliphatic carbocycles. The molecular weight excluding hydrogens is 268 g/mol. The van der Waals surface area contributed by atoms with Crippen LogP contribution in [0, 0.1) is 18.3 Å². The summed E-state index contributed by atoms with van der Waals surface area (Å²) in [5.74, 6) is -1.86. The number of hydrogen-bond acceptors (Lipinski definition) is 6. The lowest BCUT2D eigenvalue weighted by atomic mass is 10.1. The Bertz CT molecular complexity index is 551. The van der Waals surface area contributed by atoms with Crippen molar-refractivity contribution in [3.8, 4) is 6.07 Å². The van der Waals surface area contributed by atoms with Crippen LogP contribution >= 0.6 is 11.8 Å². The van der Waals surface area contributed by atoms with E-state index >= 15 is 0 Å². The third kappa shape index (κ3) is 3.96. The van der Waals surface area contributed by atoms with Gasteiger partial charge >= 0.3 is 11.9 Å². The first-order valence-electron chi connectivity index (χ1n) is 5.43. The van der Waals surface area contributed by atoms with Gasteiger partial charge in [-0.15, -0.1) is 0 Å². The van der Waals surface area contributed by atoms with Crippen molar-refractivity contribution in [1.82, 2.24) is 4.98 Å². The van der Waals surface area contributed by atoms with Gasteiger partial charge in [0.25, 0.3) is 0 Å². The molecule has 1 heterocycles. The number of carbonyl (C=O) groups is 2. The number of pyridine rings is 1. The Hall–Kier alpha value is -2.07. The standard InChI is InChI=1S/C12H12N2O4S/c1-3-18-12(17)8-4-7(2)14-11(9(8)5-13)19-6-10(15)16/h4H,3,6H2,1-2H3,(H,15,16). The summed E-state index contributed by atoms with van der Waals surface area (Å²) in [6, 6.07) is 3.34. The molecule has 0 spiro atoms. The molecule has 1 rings (SSSR count). The van der Waals surface area contributed by atoms with Gasteiger partial charge in [0.2, 0.25) is 0 Å². The summed E-state index contributed by atoms with van der Waals surface area (Å²) in [5.41, 5.74) is 0.690. The molecule has 0 radical (unpaired) electrons. The van der Waals surface area contributed by atoms with Gasteiger partial charge in [0, 0.05) is 5.69 Å². The minimum atomic E-state index is -1.02. The molecule has 0 saturated heterocycles. The number of hydrogen-bond donors (Lipinski definition) is 1. The molecule has 100 valence electrons. The Morgan fingerprint density at radius 2 is 2.26 bits per heavy atom. The summed E-state index contributed by atoms with van der Waals surface area (Å²) < 4.78 is 4.86. The van der Waals surface area contributed by atoms with E-state index in [0.717, 1.165) is 11.8 Å². The number of esters is 1. The lowest BCUT2D eigenvalue weighted by Crippen LogP contribution is -2.10. The van der Waals surface area contributed by atoms with Crippen molar-refractivity contribution in [2.45, 2.75) is 18.9 Å². The minimum Gasteiger partial charge on any atom is -0.481 e. The first kappa shape index (κ1) is 15.0. The molecule has 1 aromatic rings. The molecule has 0 fully saturated rings. The van der Waals surface area contributed by atoms with Crippen LogP contribution in [0.1, 0.15) is 28.5 Å². The molecule has 0 aromatic carbocycles. The van der Waals surface area contributed by atoms with Crippen molar-refractivity contribution < 1.29 is 19.4 Å². The number of carbonyl (C=O) groups excluding carboxylic acids is 1. The SMILES string of the molecule is CCOC(=O)c1cc(C)nc(SCC(=O)O)c1C#N. The largest absolute Gasteiger partial charge is 0.481 e. The van der Waals surface area contributed by atoms with E-state index in [1.807, 2.05) is 6.07 Å². The molecule has 19 heavy (non-hydrogen) atoms. The Balaban J connectivity index is 3.21. The van der Waals surface area contributed by atoms with Crippen LogP contribution in [0.25, 0.3) is 0 Å². The number of carboxylic acid groups (broad SMARTS) is 1. The number of aromatic nitrogens is 1. The van der Waals surface area contributed by atoms with Crippen LogP contribution in [-0.4, -0.2) is 34.4 Å². The van der Waals surface area contributed by atoms with Crippen LogP contribution in [-0.2, 0) is 9.53 Å². The first-order valence-corrected chi connectivity index (χ1v) is 6.41. The molecular formula is C12H12N2O4S. The normalized spacial score (nSPS) is 9.74. The molecule has 7 heteroatoms. The second-order valence-corrected chi connectivity index (χ2v) is 4.47. The number of nitrogens with zero attached hydrogens (tertiary/aromatic N) is 2. The van der Waals surface area contributed by atoms with Gasteiger partial charge in [-0.25, -0.2) is 9.78 Å². The number of nitriles is 1. The molecule has 0 aliphatic heterocycles. The zero-order valence-electron chi connectivity index (χ0n) is 10.5. The highest BCUT2D eigenvalue weighted by Gasteiger charge is 2.19. The van der Waals surface area contributed by atoms with Crippen LogP contribution in [0.15, 0.2) is 11.1 Å². The number of ether oxygens (including phenoxy) is 1. The van der Waals surface area contributed by atoms with Crippen LogP contribution in [0.4, 0.5) is 0 Å². The quantitative estimate of drug-likeness (QED) is 0.646. The predicted octanol–water partition coefficient (Wildman–Crippen LogP) is 1.62. The van der Waals surface area contributed by atoms with Crippen molar-refractivity contribution in [3.05, 3.63) is 22.9 Å². The summed E-state index contributed by atoms with van der Waals surface area (Å²) in [7, 11) is 0. The third-order valence-corrected chi connectivity index (χ3v) is 3.01. The van der Waals surface area contributed by atoms with E-state index in [9.17, 15) is 9.59 Å². The molecule has 0 amide bonds. The van der Waals surface area contributed by atoms with Crippen molar-refractivity contribution >= 4 is 23.7 Å². The summed E-state index contributed by atoms with van der Waals surface area (Å²) in [5, 5.41) is 18.0. The molecule has 0 unspecified atom stereocenters.